The molecule has 2 saturated carbocycles. The van der Waals surface area contributed by atoms with Crippen LogP contribution in [0.25, 0.3) is 11.4 Å². The molecule has 4 rings (SSSR count). The van der Waals surface area contributed by atoms with Crippen molar-refractivity contribution in [1.29, 1.82) is 0 Å². The molecule has 0 radical (unpaired) electrons. The second-order valence-corrected chi connectivity index (χ2v) is 8.59. The van der Waals surface area contributed by atoms with Gasteiger partial charge in [0.15, 0.2) is 5.82 Å². The van der Waals surface area contributed by atoms with Crippen LogP contribution in [0.5, 0.6) is 0 Å². The number of fused-ring (bicyclic) bond motifs is 2. The van der Waals surface area contributed by atoms with Gasteiger partial charge in [-0.25, -0.2) is 15.1 Å². The summed E-state index contributed by atoms with van der Waals surface area (Å²) >= 11 is 0. The molecule has 2 aliphatic carbocycles. The van der Waals surface area contributed by atoms with Crippen LogP contribution in [-0.4, -0.2) is 26.4 Å². The van der Waals surface area contributed by atoms with Crippen molar-refractivity contribution in [3.63, 3.8) is 0 Å². The lowest BCUT2D eigenvalue weighted by Crippen LogP contribution is -2.34. The van der Waals surface area contributed by atoms with E-state index in [-0.39, 0.29) is 23.3 Å². The van der Waals surface area contributed by atoms with E-state index in [4.69, 9.17) is 0 Å². The number of hydrazone groups is 1. The van der Waals surface area contributed by atoms with Gasteiger partial charge in [-0.1, -0.05) is 51.1 Å². The van der Waals surface area contributed by atoms with Crippen LogP contribution in [0.2, 0.25) is 0 Å². The third kappa shape index (κ3) is 2.87. The molecule has 0 spiro atoms. The number of amides is 1. The number of rotatable bonds is 4. The topological polar surface area (TPSA) is 72.2 Å². The van der Waals surface area contributed by atoms with Crippen molar-refractivity contribution in [2.75, 3.05) is 0 Å². The van der Waals surface area contributed by atoms with E-state index in [9.17, 15) is 4.79 Å². The highest BCUT2D eigenvalue weighted by Crippen LogP contribution is 2.63. The molecule has 2 bridgehead atoms. The Morgan fingerprint density at radius 1 is 1.30 bits per heavy atom. The molecule has 1 aromatic heterocycles. The van der Waals surface area contributed by atoms with E-state index in [1.807, 2.05) is 37.3 Å². The molecule has 1 amide bonds. The molecule has 1 heterocycles. The van der Waals surface area contributed by atoms with Gasteiger partial charge in [-0.15, -0.1) is 0 Å². The minimum atomic E-state index is -0.172. The van der Waals surface area contributed by atoms with E-state index in [1.165, 1.54) is 6.42 Å². The first kappa shape index (κ1) is 17.9. The number of carbonyl (C=O) groups is 1. The van der Waals surface area contributed by atoms with Crippen molar-refractivity contribution in [3.8, 4) is 11.4 Å². The summed E-state index contributed by atoms with van der Waals surface area (Å²) in [7, 11) is 0. The van der Waals surface area contributed by atoms with Crippen molar-refractivity contribution in [2.24, 2.45) is 21.8 Å². The fourth-order valence-electron chi connectivity index (χ4n) is 4.77. The molecule has 2 atom stereocenters. The Hall–Kier alpha value is -2.50. The number of aryl methyl sites for hydroxylation is 1. The highest BCUT2D eigenvalue weighted by Gasteiger charge is 2.60. The Bertz CT molecular complexity index is 899. The summed E-state index contributed by atoms with van der Waals surface area (Å²) in [5.41, 5.74) is 5.19. The maximum atomic E-state index is 12.5. The lowest BCUT2D eigenvalue weighted by Gasteiger charge is -2.34. The van der Waals surface area contributed by atoms with Gasteiger partial charge >= 0.3 is 0 Å². The smallest absolute Gasteiger partial charge is 0.261 e. The summed E-state index contributed by atoms with van der Waals surface area (Å²) in [6, 6.07) is 9.80. The number of nitrogens with zero attached hydrogens (tertiary/aromatic N) is 4. The molecule has 0 aliphatic heterocycles. The molecular formula is C21H27N5O. The summed E-state index contributed by atoms with van der Waals surface area (Å²) in [5, 5.41) is 8.91. The lowest BCUT2D eigenvalue weighted by molar-refractivity contribution is -0.121. The van der Waals surface area contributed by atoms with E-state index in [2.05, 4.69) is 41.4 Å². The number of nitrogens with one attached hydrogen (secondary N) is 1. The third-order valence-corrected chi connectivity index (χ3v) is 6.93. The molecule has 1 N–H and O–H groups in total. The number of benzene rings is 1. The minimum absolute atomic E-state index is 0.0873. The average Bonchev–Trinajstić information content (AvgIpc) is 3.17. The Labute approximate surface area is 160 Å². The molecule has 6 nitrogen and oxygen atoms in total. The molecule has 2 fully saturated rings. The van der Waals surface area contributed by atoms with Crippen LogP contribution in [0.3, 0.4) is 0 Å². The maximum Gasteiger partial charge on any atom is 0.261 e. The minimum Gasteiger partial charge on any atom is -0.271 e. The van der Waals surface area contributed by atoms with E-state index >= 15 is 0 Å². The van der Waals surface area contributed by atoms with Gasteiger partial charge in [-0.2, -0.15) is 10.2 Å². The van der Waals surface area contributed by atoms with Gasteiger partial charge in [0.05, 0.1) is 0 Å². The van der Waals surface area contributed by atoms with Gasteiger partial charge in [0.2, 0.25) is 0 Å². The highest BCUT2D eigenvalue weighted by molar-refractivity contribution is 5.95. The van der Waals surface area contributed by atoms with Crippen molar-refractivity contribution in [3.05, 3.63) is 36.2 Å². The SMILES string of the molecule is Cc1nc(-c2ccccc2)n(CC(=O)N/N=C2/CC3CCC2(C)C3(C)C)n1. The van der Waals surface area contributed by atoms with E-state index in [0.29, 0.717) is 17.6 Å². The molecule has 6 heteroatoms. The Morgan fingerprint density at radius 2 is 2.04 bits per heavy atom. The molecule has 2 aromatic rings. The number of carbonyl (C=O) groups excluding carboxylic acids is 1. The summed E-state index contributed by atoms with van der Waals surface area (Å²) in [6.45, 7) is 8.89. The van der Waals surface area contributed by atoms with Gasteiger partial charge < -0.3 is 0 Å². The first-order valence-electron chi connectivity index (χ1n) is 9.64. The molecule has 27 heavy (non-hydrogen) atoms. The second kappa shape index (κ2) is 6.29. The van der Waals surface area contributed by atoms with Crippen LogP contribution in [-0.2, 0) is 11.3 Å². The van der Waals surface area contributed by atoms with Gasteiger partial charge in [-0.3, -0.25) is 4.79 Å². The van der Waals surface area contributed by atoms with Crippen molar-refractivity contribution in [1.82, 2.24) is 20.2 Å². The van der Waals surface area contributed by atoms with E-state index in [0.717, 1.165) is 24.1 Å². The summed E-state index contributed by atoms with van der Waals surface area (Å²) < 4.78 is 1.65. The Kier molecular flexibility index (Phi) is 4.17. The third-order valence-electron chi connectivity index (χ3n) is 6.93. The predicted octanol–water partition coefficient (Wildman–Crippen LogP) is 3.57. The van der Waals surface area contributed by atoms with E-state index in [1.54, 1.807) is 4.68 Å². The zero-order chi connectivity index (χ0) is 19.2. The lowest BCUT2D eigenvalue weighted by atomic mass is 9.70. The number of hydrogen-bond acceptors (Lipinski definition) is 4. The van der Waals surface area contributed by atoms with Crippen LogP contribution in [0.1, 0.15) is 45.9 Å². The molecule has 2 aliphatic rings. The molecule has 2 unspecified atom stereocenters. The second-order valence-electron chi connectivity index (χ2n) is 8.59. The molecular weight excluding hydrogens is 338 g/mol. The first-order chi connectivity index (χ1) is 12.8. The standard InChI is InChI=1S/C21H27N5O/c1-14-22-19(15-8-6-5-7-9-15)26(25-14)13-18(27)24-23-17-12-16-10-11-21(17,4)20(16,2)3/h5-9,16H,10-13H2,1-4H3,(H,24,27)/b23-17-. The largest absolute Gasteiger partial charge is 0.271 e. The molecule has 142 valence electrons. The van der Waals surface area contributed by atoms with Crippen molar-refractivity contribution < 1.29 is 4.79 Å². The van der Waals surface area contributed by atoms with Gasteiger partial charge in [0, 0.05) is 16.7 Å². The summed E-state index contributed by atoms with van der Waals surface area (Å²) in [4.78, 5) is 17.0. The molecule has 0 saturated heterocycles. The zero-order valence-electron chi connectivity index (χ0n) is 16.5. The maximum absolute atomic E-state index is 12.5. The summed E-state index contributed by atoms with van der Waals surface area (Å²) in [6.07, 6.45) is 3.40. The Balaban J connectivity index is 1.49. The quantitative estimate of drug-likeness (QED) is 0.842. The normalized spacial score (nSPS) is 27.3. The van der Waals surface area contributed by atoms with Crippen LogP contribution in [0, 0.1) is 23.7 Å². The van der Waals surface area contributed by atoms with Crippen LogP contribution < -0.4 is 5.43 Å². The summed E-state index contributed by atoms with van der Waals surface area (Å²) in [5.74, 6) is 1.84. The van der Waals surface area contributed by atoms with E-state index < -0.39 is 0 Å². The van der Waals surface area contributed by atoms with Crippen LogP contribution in [0.4, 0.5) is 0 Å². The number of hydrogen-bond donors (Lipinski definition) is 1. The van der Waals surface area contributed by atoms with Crippen molar-refractivity contribution >= 4 is 11.6 Å². The Morgan fingerprint density at radius 3 is 2.67 bits per heavy atom. The van der Waals surface area contributed by atoms with Gasteiger partial charge in [-0.05, 0) is 37.5 Å². The monoisotopic (exact) mass is 365 g/mol. The van der Waals surface area contributed by atoms with Gasteiger partial charge in [0.1, 0.15) is 12.4 Å². The predicted molar refractivity (Wildman–Crippen MR) is 105 cm³/mol. The van der Waals surface area contributed by atoms with Gasteiger partial charge in [0.25, 0.3) is 5.91 Å². The average molecular weight is 365 g/mol. The molecule has 1 aromatic carbocycles. The zero-order valence-corrected chi connectivity index (χ0v) is 16.5. The fraction of sp³-hybridized carbons (Fsp3) is 0.524. The fourth-order valence-corrected chi connectivity index (χ4v) is 4.77. The van der Waals surface area contributed by atoms with Crippen LogP contribution >= 0.6 is 0 Å². The first-order valence-corrected chi connectivity index (χ1v) is 9.64. The number of aromatic nitrogens is 3. The van der Waals surface area contributed by atoms with Crippen molar-refractivity contribution in [2.45, 2.75) is 53.5 Å². The highest BCUT2D eigenvalue weighted by atomic mass is 16.2. The van der Waals surface area contributed by atoms with Crippen LogP contribution in [0.15, 0.2) is 35.4 Å².